The van der Waals surface area contributed by atoms with E-state index in [0.29, 0.717) is 28.6 Å². The second-order valence-corrected chi connectivity index (χ2v) is 16.4. The van der Waals surface area contributed by atoms with Crippen LogP contribution in [-0.4, -0.2) is 15.0 Å². The van der Waals surface area contributed by atoms with Crippen molar-refractivity contribution in [1.29, 1.82) is 10.5 Å². The predicted octanol–water partition coefficient (Wildman–Crippen LogP) is 12.7. The summed E-state index contributed by atoms with van der Waals surface area (Å²) in [5, 5.41) is 18.9. The number of nitriles is 2. The Morgan fingerprint density at radius 1 is 0.439 bits per heavy atom. The molecule has 0 N–H and O–H groups in total. The fraction of sp³-hybridized carbons (Fsp3) is 0.212. The Morgan fingerprint density at radius 3 is 1.44 bits per heavy atom. The van der Waals surface area contributed by atoms with Crippen molar-refractivity contribution in [3.8, 4) is 79.7 Å². The van der Waals surface area contributed by atoms with Crippen LogP contribution in [0.3, 0.4) is 0 Å². The molecule has 276 valence electrons. The quantitative estimate of drug-likeness (QED) is 0.163. The van der Waals surface area contributed by atoms with Gasteiger partial charge in [-0.1, -0.05) is 111 Å². The molecule has 5 heteroatoms. The zero-order valence-corrected chi connectivity index (χ0v) is 32.4. The van der Waals surface area contributed by atoms with Crippen LogP contribution < -0.4 is 0 Å². The highest BCUT2D eigenvalue weighted by Crippen LogP contribution is 2.54. The molecule has 1 aromatic heterocycles. The lowest BCUT2D eigenvalue weighted by molar-refractivity contribution is 0.0780. The van der Waals surface area contributed by atoms with Crippen LogP contribution in [0, 0.1) is 40.4 Å². The topological polar surface area (TPSA) is 86.2 Å². The normalized spacial score (nSPS) is 20.0. The van der Waals surface area contributed by atoms with Crippen molar-refractivity contribution in [2.75, 3.05) is 0 Å². The second kappa shape index (κ2) is 15.1. The molecule has 9 rings (SSSR count). The van der Waals surface area contributed by atoms with E-state index in [-0.39, 0.29) is 5.41 Å². The molecule has 2 aliphatic carbocycles. The molecule has 0 amide bonds. The third-order valence-corrected chi connectivity index (χ3v) is 12.1. The summed E-state index contributed by atoms with van der Waals surface area (Å²) in [5.41, 5.74) is 11.9. The van der Waals surface area contributed by atoms with Crippen molar-refractivity contribution < 1.29 is 0 Å². The van der Waals surface area contributed by atoms with E-state index in [4.69, 9.17) is 15.0 Å². The monoisotopic (exact) mass is 737 g/mol. The second-order valence-electron chi connectivity index (χ2n) is 16.4. The van der Waals surface area contributed by atoms with Gasteiger partial charge in [-0.3, -0.25) is 0 Å². The molecular weight excluding hydrogens is 695 g/mol. The first-order valence-corrected chi connectivity index (χ1v) is 20.0. The SMILES string of the molecule is C[C@@H]1CC2C[C@H](C)CC(c3ccc(-c4cc(-c5ccc(C#N)cc5)cc(-c5nc(-c6ccccc6)nc(-c6cccc(-c7ccc(C#N)cc7)c6)n5)c4)cc3)(C2)C1. The summed E-state index contributed by atoms with van der Waals surface area (Å²) in [6, 6.07) is 54.1. The van der Waals surface area contributed by atoms with Gasteiger partial charge in [0.25, 0.3) is 0 Å². The first-order valence-electron chi connectivity index (χ1n) is 20.0. The van der Waals surface area contributed by atoms with E-state index >= 15 is 0 Å². The maximum absolute atomic E-state index is 9.54. The van der Waals surface area contributed by atoms with E-state index in [1.165, 1.54) is 37.7 Å². The van der Waals surface area contributed by atoms with E-state index in [1.807, 2.05) is 91.0 Å². The zero-order valence-electron chi connectivity index (χ0n) is 32.4. The maximum atomic E-state index is 9.54. The molecule has 1 heterocycles. The first kappa shape index (κ1) is 36.0. The van der Waals surface area contributed by atoms with Crippen LogP contribution >= 0.6 is 0 Å². The molecule has 5 nitrogen and oxygen atoms in total. The van der Waals surface area contributed by atoms with Gasteiger partial charge in [0, 0.05) is 16.7 Å². The van der Waals surface area contributed by atoms with Crippen molar-refractivity contribution >= 4 is 0 Å². The molecule has 2 aliphatic rings. The standard InChI is InChI=1S/C52H43N5/c1-34-23-38-24-35(2)30-52(29-34,31-38)48-21-19-41(20-22-48)46-26-45(40-17-13-37(33-54)14-18-40)27-47(28-46)51-56-49(42-7-4-3-5-8-42)55-50(57-51)44-10-6-9-43(25-44)39-15-11-36(32-53)12-16-39/h3-22,25-28,34-35,38H,23-24,29-31H2,1-2H3/t34-,35+,38?,52?. The fourth-order valence-electron chi connectivity index (χ4n) is 9.83. The third kappa shape index (κ3) is 7.38. The lowest BCUT2D eigenvalue weighted by Gasteiger charge is -2.50. The van der Waals surface area contributed by atoms with Crippen LogP contribution in [-0.2, 0) is 5.41 Å². The third-order valence-electron chi connectivity index (χ3n) is 12.1. The highest BCUT2D eigenvalue weighted by atomic mass is 15.0. The van der Waals surface area contributed by atoms with Gasteiger partial charge >= 0.3 is 0 Å². The van der Waals surface area contributed by atoms with Gasteiger partial charge in [-0.15, -0.1) is 0 Å². The number of hydrogen-bond donors (Lipinski definition) is 0. The Morgan fingerprint density at radius 2 is 0.877 bits per heavy atom. The Balaban J connectivity index is 1.17. The molecule has 0 radical (unpaired) electrons. The van der Waals surface area contributed by atoms with Crippen LogP contribution in [0.2, 0.25) is 0 Å². The van der Waals surface area contributed by atoms with Crippen LogP contribution in [0.5, 0.6) is 0 Å². The summed E-state index contributed by atoms with van der Waals surface area (Å²) in [7, 11) is 0. The van der Waals surface area contributed by atoms with Gasteiger partial charge in [0.1, 0.15) is 0 Å². The minimum Gasteiger partial charge on any atom is -0.208 e. The number of benzene rings is 6. The molecule has 0 aliphatic heterocycles. The Hall–Kier alpha value is -6.69. The van der Waals surface area contributed by atoms with Crippen molar-refractivity contribution in [3.63, 3.8) is 0 Å². The van der Waals surface area contributed by atoms with Crippen LogP contribution in [0.1, 0.15) is 62.6 Å². The number of aromatic nitrogens is 3. The molecule has 2 bridgehead atoms. The maximum Gasteiger partial charge on any atom is 0.164 e. The lowest BCUT2D eigenvalue weighted by atomic mass is 9.54. The average molecular weight is 738 g/mol. The number of hydrogen-bond acceptors (Lipinski definition) is 5. The largest absolute Gasteiger partial charge is 0.208 e. The van der Waals surface area contributed by atoms with Gasteiger partial charge in [-0.05, 0) is 143 Å². The summed E-state index contributed by atoms with van der Waals surface area (Å²) in [6.07, 6.45) is 6.58. The smallest absolute Gasteiger partial charge is 0.164 e. The summed E-state index contributed by atoms with van der Waals surface area (Å²) in [4.78, 5) is 15.3. The summed E-state index contributed by atoms with van der Waals surface area (Å²) in [6.45, 7) is 4.90. The molecule has 2 saturated carbocycles. The molecule has 2 unspecified atom stereocenters. The molecule has 2 fully saturated rings. The van der Waals surface area contributed by atoms with E-state index < -0.39 is 0 Å². The van der Waals surface area contributed by atoms with Gasteiger partial charge < -0.3 is 0 Å². The Kier molecular flexibility index (Phi) is 9.53. The van der Waals surface area contributed by atoms with Crippen LogP contribution in [0.15, 0.2) is 146 Å². The number of fused-ring (bicyclic) bond motifs is 2. The number of rotatable bonds is 7. The Labute approximate surface area is 335 Å². The van der Waals surface area contributed by atoms with Crippen molar-refractivity contribution in [3.05, 3.63) is 162 Å². The molecule has 57 heavy (non-hydrogen) atoms. The molecule has 4 atom stereocenters. The fourth-order valence-corrected chi connectivity index (χ4v) is 9.83. The van der Waals surface area contributed by atoms with E-state index in [2.05, 4.69) is 80.6 Å². The van der Waals surface area contributed by atoms with Gasteiger partial charge in [0.2, 0.25) is 0 Å². The minimum atomic E-state index is 0.264. The van der Waals surface area contributed by atoms with Gasteiger partial charge in [-0.25, -0.2) is 15.0 Å². The minimum absolute atomic E-state index is 0.264. The first-order chi connectivity index (χ1) is 27.8. The predicted molar refractivity (Wildman–Crippen MR) is 228 cm³/mol. The highest BCUT2D eigenvalue weighted by Gasteiger charge is 2.45. The summed E-state index contributed by atoms with van der Waals surface area (Å²) < 4.78 is 0. The van der Waals surface area contributed by atoms with Crippen molar-refractivity contribution in [1.82, 2.24) is 15.0 Å². The van der Waals surface area contributed by atoms with Gasteiger partial charge in [0.05, 0.1) is 23.3 Å². The molecular formula is C52H43N5. The molecule has 0 saturated heterocycles. The highest BCUT2D eigenvalue weighted by molar-refractivity contribution is 5.81. The Bertz CT molecular complexity index is 2630. The average Bonchev–Trinajstić information content (AvgIpc) is 3.26. The molecule has 6 aromatic carbocycles. The molecule has 7 aromatic rings. The van der Waals surface area contributed by atoms with Gasteiger partial charge in [-0.2, -0.15) is 10.5 Å². The zero-order chi connectivity index (χ0) is 38.9. The van der Waals surface area contributed by atoms with Gasteiger partial charge in [0.15, 0.2) is 17.5 Å². The molecule has 0 spiro atoms. The van der Waals surface area contributed by atoms with Crippen LogP contribution in [0.25, 0.3) is 67.5 Å². The number of nitrogens with zero attached hydrogens (tertiary/aromatic N) is 5. The lowest BCUT2D eigenvalue weighted by Crippen LogP contribution is -2.42. The van der Waals surface area contributed by atoms with E-state index in [9.17, 15) is 10.5 Å². The van der Waals surface area contributed by atoms with Crippen molar-refractivity contribution in [2.24, 2.45) is 17.8 Å². The van der Waals surface area contributed by atoms with Crippen molar-refractivity contribution in [2.45, 2.75) is 51.4 Å². The van der Waals surface area contributed by atoms with E-state index in [0.717, 1.165) is 67.8 Å². The summed E-state index contributed by atoms with van der Waals surface area (Å²) >= 11 is 0. The summed E-state index contributed by atoms with van der Waals surface area (Å²) in [5.74, 6) is 4.08. The van der Waals surface area contributed by atoms with E-state index in [1.54, 1.807) is 0 Å². The van der Waals surface area contributed by atoms with Crippen LogP contribution in [0.4, 0.5) is 0 Å².